The minimum atomic E-state index is 0.502. The van der Waals surface area contributed by atoms with Crippen LogP contribution in [0.1, 0.15) is 76.1 Å². The SMILES string of the molecule is CCCNC(CC1CCCCC1)c1cn(C)nc1CC. The molecule has 0 aromatic carbocycles. The van der Waals surface area contributed by atoms with Gasteiger partial charge in [-0.25, -0.2) is 0 Å². The molecule has 3 heteroatoms. The van der Waals surface area contributed by atoms with Gasteiger partial charge in [-0.2, -0.15) is 5.10 Å². The van der Waals surface area contributed by atoms with Crippen molar-refractivity contribution in [2.75, 3.05) is 6.54 Å². The van der Waals surface area contributed by atoms with Crippen molar-refractivity contribution in [2.24, 2.45) is 13.0 Å². The van der Waals surface area contributed by atoms with Gasteiger partial charge < -0.3 is 5.32 Å². The van der Waals surface area contributed by atoms with Crippen LogP contribution in [0.3, 0.4) is 0 Å². The highest BCUT2D eigenvalue weighted by molar-refractivity contribution is 5.21. The van der Waals surface area contributed by atoms with Crippen molar-refractivity contribution in [3.8, 4) is 0 Å². The van der Waals surface area contributed by atoms with Gasteiger partial charge in [0.2, 0.25) is 0 Å². The Morgan fingerprint density at radius 3 is 2.70 bits per heavy atom. The molecular formula is C17H31N3. The largest absolute Gasteiger partial charge is 0.310 e. The molecule has 0 bridgehead atoms. The third kappa shape index (κ3) is 4.08. The van der Waals surface area contributed by atoms with Gasteiger partial charge in [-0.1, -0.05) is 46.0 Å². The molecule has 0 saturated heterocycles. The number of hydrogen-bond acceptors (Lipinski definition) is 2. The molecule has 20 heavy (non-hydrogen) atoms. The van der Waals surface area contributed by atoms with E-state index in [1.165, 1.54) is 56.2 Å². The van der Waals surface area contributed by atoms with Crippen LogP contribution < -0.4 is 5.32 Å². The predicted molar refractivity (Wildman–Crippen MR) is 84.8 cm³/mol. The summed E-state index contributed by atoms with van der Waals surface area (Å²) in [6.07, 6.45) is 12.9. The molecule has 3 nitrogen and oxygen atoms in total. The molecule has 1 saturated carbocycles. The lowest BCUT2D eigenvalue weighted by atomic mass is 9.83. The first-order valence-corrected chi connectivity index (χ1v) is 8.50. The molecule has 1 aliphatic carbocycles. The molecular weight excluding hydrogens is 246 g/mol. The van der Waals surface area contributed by atoms with E-state index in [1.807, 2.05) is 11.7 Å². The van der Waals surface area contributed by atoms with Gasteiger partial charge in [0, 0.05) is 24.8 Å². The third-order valence-corrected chi connectivity index (χ3v) is 4.58. The number of hydrogen-bond donors (Lipinski definition) is 1. The third-order valence-electron chi connectivity index (χ3n) is 4.58. The van der Waals surface area contributed by atoms with Crippen molar-refractivity contribution in [2.45, 2.75) is 71.3 Å². The van der Waals surface area contributed by atoms with Gasteiger partial charge in [0.25, 0.3) is 0 Å². The Labute approximate surface area is 124 Å². The number of nitrogens with one attached hydrogen (secondary N) is 1. The van der Waals surface area contributed by atoms with Crippen LogP contribution in [0.25, 0.3) is 0 Å². The predicted octanol–water partition coefficient (Wildman–Crippen LogP) is 3.99. The molecule has 114 valence electrons. The van der Waals surface area contributed by atoms with E-state index in [0.29, 0.717) is 6.04 Å². The summed E-state index contributed by atoms with van der Waals surface area (Å²) < 4.78 is 1.98. The fourth-order valence-corrected chi connectivity index (χ4v) is 3.51. The highest BCUT2D eigenvalue weighted by Crippen LogP contribution is 2.32. The van der Waals surface area contributed by atoms with Crippen LogP contribution in [0.4, 0.5) is 0 Å². The van der Waals surface area contributed by atoms with E-state index in [0.717, 1.165) is 18.9 Å². The molecule has 0 spiro atoms. The highest BCUT2D eigenvalue weighted by atomic mass is 15.3. The maximum Gasteiger partial charge on any atom is 0.0669 e. The van der Waals surface area contributed by atoms with Crippen LogP contribution in [-0.2, 0) is 13.5 Å². The molecule has 1 aliphatic rings. The van der Waals surface area contributed by atoms with E-state index >= 15 is 0 Å². The van der Waals surface area contributed by atoms with Crippen LogP contribution in [0.2, 0.25) is 0 Å². The lowest BCUT2D eigenvalue weighted by molar-refractivity contribution is 0.299. The molecule has 1 aromatic heterocycles. The zero-order valence-corrected chi connectivity index (χ0v) is 13.5. The molecule has 1 N–H and O–H groups in total. The Bertz CT molecular complexity index is 391. The minimum absolute atomic E-state index is 0.502. The fourth-order valence-electron chi connectivity index (χ4n) is 3.51. The summed E-state index contributed by atoms with van der Waals surface area (Å²) >= 11 is 0. The van der Waals surface area contributed by atoms with Gasteiger partial charge in [0.15, 0.2) is 0 Å². The van der Waals surface area contributed by atoms with Crippen LogP contribution >= 0.6 is 0 Å². The quantitative estimate of drug-likeness (QED) is 0.816. The van der Waals surface area contributed by atoms with Crippen molar-refractivity contribution in [1.29, 1.82) is 0 Å². The van der Waals surface area contributed by atoms with Crippen LogP contribution in [0, 0.1) is 5.92 Å². The molecule has 1 aromatic rings. The first kappa shape index (κ1) is 15.6. The summed E-state index contributed by atoms with van der Waals surface area (Å²) in [6, 6.07) is 0.502. The van der Waals surface area contributed by atoms with E-state index in [-0.39, 0.29) is 0 Å². The number of aryl methyl sites for hydroxylation is 2. The monoisotopic (exact) mass is 277 g/mol. The standard InChI is InChI=1S/C17H31N3/c1-4-11-18-17(12-14-9-7-6-8-10-14)15-13-20(3)19-16(15)5-2/h13-14,17-18H,4-12H2,1-3H3. The summed E-state index contributed by atoms with van der Waals surface area (Å²) in [6.45, 7) is 5.56. The maximum atomic E-state index is 4.63. The molecule has 2 rings (SSSR count). The zero-order valence-electron chi connectivity index (χ0n) is 13.5. The van der Waals surface area contributed by atoms with Crippen molar-refractivity contribution in [3.63, 3.8) is 0 Å². The van der Waals surface area contributed by atoms with Gasteiger partial charge >= 0.3 is 0 Å². The summed E-state index contributed by atoms with van der Waals surface area (Å²) in [5, 5.41) is 8.40. The Morgan fingerprint density at radius 2 is 2.05 bits per heavy atom. The molecule has 1 atom stereocenters. The minimum Gasteiger partial charge on any atom is -0.310 e. The molecule has 1 unspecified atom stereocenters. The van der Waals surface area contributed by atoms with Gasteiger partial charge in [0.05, 0.1) is 5.69 Å². The molecule has 0 radical (unpaired) electrons. The van der Waals surface area contributed by atoms with E-state index in [4.69, 9.17) is 0 Å². The number of nitrogens with zero attached hydrogens (tertiary/aromatic N) is 2. The van der Waals surface area contributed by atoms with Crippen molar-refractivity contribution < 1.29 is 0 Å². The van der Waals surface area contributed by atoms with Gasteiger partial charge in [-0.15, -0.1) is 0 Å². The first-order chi connectivity index (χ1) is 9.74. The molecule has 1 fully saturated rings. The Morgan fingerprint density at radius 1 is 1.30 bits per heavy atom. The van der Waals surface area contributed by atoms with E-state index in [2.05, 4.69) is 30.5 Å². The Hall–Kier alpha value is -0.830. The average Bonchev–Trinajstić information content (AvgIpc) is 2.85. The van der Waals surface area contributed by atoms with Crippen molar-refractivity contribution in [3.05, 3.63) is 17.5 Å². The average molecular weight is 277 g/mol. The molecule has 0 aliphatic heterocycles. The van der Waals surface area contributed by atoms with Gasteiger partial charge in [-0.3, -0.25) is 4.68 Å². The highest BCUT2D eigenvalue weighted by Gasteiger charge is 2.22. The van der Waals surface area contributed by atoms with E-state index in [1.54, 1.807) is 0 Å². The second-order valence-electron chi connectivity index (χ2n) is 6.30. The van der Waals surface area contributed by atoms with Crippen molar-refractivity contribution >= 4 is 0 Å². The summed E-state index contributed by atoms with van der Waals surface area (Å²) in [5.41, 5.74) is 2.71. The maximum absolute atomic E-state index is 4.63. The Kier molecular flexibility index (Phi) is 6.08. The molecule has 1 heterocycles. The second-order valence-corrected chi connectivity index (χ2v) is 6.30. The lowest BCUT2D eigenvalue weighted by Gasteiger charge is -2.27. The summed E-state index contributed by atoms with van der Waals surface area (Å²) in [5.74, 6) is 0.906. The van der Waals surface area contributed by atoms with Crippen LogP contribution in [0.5, 0.6) is 0 Å². The van der Waals surface area contributed by atoms with Crippen LogP contribution in [0.15, 0.2) is 6.20 Å². The molecule has 0 amide bonds. The van der Waals surface area contributed by atoms with Crippen molar-refractivity contribution in [1.82, 2.24) is 15.1 Å². The first-order valence-electron chi connectivity index (χ1n) is 8.50. The van der Waals surface area contributed by atoms with Gasteiger partial charge in [-0.05, 0) is 31.7 Å². The van der Waals surface area contributed by atoms with Gasteiger partial charge in [0.1, 0.15) is 0 Å². The van der Waals surface area contributed by atoms with E-state index in [9.17, 15) is 0 Å². The number of aromatic nitrogens is 2. The zero-order chi connectivity index (χ0) is 14.4. The van der Waals surface area contributed by atoms with Crippen LogP contribution in [-0.4, -0.2) is 16.3 Å². The van der Waals surface area contributed by atoms with E-state index < -0.39 is 0 Å². The topological polar surface area (TPSA) is 29.9 Å². The fraction of sp³-hybridized carbons (Fsp3) is 0.824. The lowest BCUT2D eigenvalue weighted by Crippen LogP contribution is -2.26. The smallest absolute Gasteiger partial charge is 0.0669 e. The summed E-state index contributed by atoms with van der Waals surface area (Å²) in [7, 11) is 2.04. The second kappa shape index (κ2) is 7.82. The summed E-state index contributed by atoms with van der Waals surface area (Å²) in [4.78, 5) is 0. The number of rotatable bonds is 7. The normalized spacial score (nSPS) is 18.4. The Balaban J connectivity index is 2.08.